The van der Waals surface area contributed by atoms with E-state index >= 15 is 0 Å². The Balaban J connectivity index is 1.72. The van der Waals surface area contributed by atoms with Crippen LogP contribution in [0.5, 0.6) is 0 Å². The molecule has 8 nitrogen and oxygen atoms in total. The molecule has 0 spiro atoms. The average Bonchev–Trinajstić information content (AvgIpc) is 2.83. The molecule has 2 aromatic heterocycles. The number of nitrogens with zero attached hydrogens (tertiary/aromatic N) is 4. The van der Waals surface area contributed by atoms with Gasteiger partial charge in [-0.2, -0.15) is 5.10 Å². The van der Waals surface area contributed by atoms with Gasteiger partial charge in [-0.15, -0.1) is 0 Å². The molecule has 0 unspecified atom stereocenters. The first-order valence-corrected chi connectivity index (χ1v) is 10.1. The van der Waals surface area contributed by atoms with Crippen molar-refractivity contribution in [1.82, 2.24) is 24.1 Å². The minimum atomic E-state index is -3.68. The fraction of sp³-hybridized carbons (Fsp3) is 0.667. The van der Waals surface area contributed by atoms with Crippen LogP contribution in [0.4, 0.5) is 0 Å². The van der Waals surface area contributed by atoms with Crippen molar-refractivity contribution in [2.45, 2.75) is 51.0 Å². The molecule has 0 bridgehead atoms. The molecule has 1 saturated carbocycles. The highest BCUT2D eigenvalue weighted by Gasteiger charge is 2.36. The standard InChI is InChI=1S/C15H20BN5O3S/c1-9-12-14(21(19-9)11-5-3-2-4-6-11)17-13(18-15(12)22)10-7-20(8-10)25(16,23)24/h10-11H,2-8H2,1H3,(H,17,18,22). The molecular formula is C15H20BN5O3S. The van der Waals surface area contributed by atoms with E-state index < -0.39 is 9.87 Å². The predicted molar refractivity (Wildman–Crippen MR) is 94.0 cm³/mol. The van der Waals surface area contributed by atoms with Gasteiger partial charge < -0.3 is 4.98 Å². The Kier molecular flexibility index (Phi) is 3.99. The van der Waals surface area contributed by atoms with Crippen molar-refractivity contribution in [1.29, 1.82) is 0 Å². The molecule has 3 heterocycles. The van der Waals surface area contributed by atoms with Gasteiger partial charge in [0, 0.05) is 19.0 Å². The van der Waals surface area contributed by atoms with Crippen LogP contribution in [0.2, 0.25) is 0 Å². The molecular weight excluding hydrogens is 341 g/mol. The van der Waals surface area contributed by atoms with Crippen LogP contribution < -0.4 is 5.56 Å². The van der Waals surface area contributed by atoms with Crippen molar-refractivity contribution in [3.05, 3.63) is 21.9 Å². The molecule has 2 fully saturated rings. The lowest BCUT2D eigenvalue weighted by atomic mass is 9.96. The topological polar surface area (TPSA) is 101 Å². The number of aromatic nitrogens is 4. The lowest BCUT2D eigenvalue weighted by Crippen LogP contribution is -2.49. The fourth-order valence-electron chi connectivity index (χ4n) is 3.82. The number of H-pyrrole nitrogens is 1. The van der Waals surface area contributed by atoms with Gasteiger partial charge in [0.25, 0.3) is 12.7 Å². The quantitative estimate of drug-likeness (QED) is 0.813. The van der Waals surface area contributed by atoms with Gasteiger partial charge in [0.15, 0.2) is 15.5 Å². The van der Waals surface area contributed by atoms with Crippen LogP contribution in [0, 0.1) is 6.92 Å². The average molecular weight is 361 g/mol. The van der Waals surface area contributed by atoms with Gasteiger partial charge in [0.05, 0.1) is 11.7 Å². The van der Waals surface area contributed by atoms with E-state index in [4.69, 9.17) is 7.12 Å². The first-order chi connectivity index (χ1) is 11.8. The second-order valence-electron chi connectivity index (χ2n) is 7.03. The Bertz CT molecular complexity index is 971. The normalized spacial score (nSPS) is 20.8. The highest BCUT2D eigenvalue weighted by atomic mass is 32.2. The third-order valence-electron chi connectivity index (χ3n) is 5.27. The van der Waals surface area contributed by atoms with E-state index in [9.17, 15) is 13.2 Å². The Morgan fingerprint density at radius 3 is 2.52 bits per heavy atom. The summed E-state index contributed by atoms with van der Waals surface area (Å²) < 4.78 is 25.7. The van der Waals surface area contributed by atoms with Crippen molar-refractivity contribution < 1.29 is 8.42 Å². The molecule has 132 valence electrons. The summed E-state index contributed by atoms with van der Waals surface area (Å²) >= 11 is 0. The molecule has 1 aliphatic heterocycles. The van der Waals surface area contributed by atoms with Crippen LogP contribution in [0.3, 0.4) is 0 Å². The number of aryl methyl sites for hydroxylation is 1. The van der Waals surface area contributed by atoms with E-state index in [0.717, 1.165) is 25.7 Å². The van der Waals surface area contributed by atoms with E-state index in [1.807, 2.05) is 11.6 Å². The molecule has 0 atom stereocenters. The second kappa shape index (κ2) is 5.94. The first-order valence-electron chi connectivity index (χ1n) is 8.61. The van der Waals surface area contributed by atoms with Crippen LogP contribution >= 0.6 is 0 Å². The predicted octanol–water partition coefficient (Wildman–Crippen LogP) is 0.746. The highest BCUT2D eigenvalue weighted by molar-refractivity contribution is 8.10. The molecule has 0 aromatic carbocycles. The monoisotopic (exact) mass is 361 g/mol. The zero-order valence-electron chi connectivity index (χ0n) is 14.1. The summed E-state index contributed by atoms with van der Waals surface area (Å²) in [6.07, 6.45) is 5.64. The molecule has 25 heavy (non-hydrogen) atoms. The minimum Gasteiger partial charge on any atom is -0.310 e. The summed E-state index contributed by atoms with van der Waals surface area (Å²) in [6.45, 7) is 2.30. The smallest absolute Gasteiger partial charge is 0.278 e. The van der Waals surface area contributed by atoms with Crippen molar-refractivity contribution in [3.8, 4) is 0 Å². The first kappa shape index (κ1) is 16.8. The molecule has 10 heteroatoms. The van der Waals surface area contributed by atoms with Crippen molar-refractivity contribution >= 4 is 28.0 Å². The molecule has 0 amide bonds. The third-order valence-corrected chi connectivity index (χ3v) is 6.29. The minimum absolute atomic E-state index is 0.148. The van der Waals surface area contributed by atoms with Gasteiger partial charge >= 0.3 is 0 Å². The summed E-state index contributed by atoms with van der Waals surface area (Å²) in [5.74, 6) is 0.361. The van der Waals surface area contributed by atoms with Gasteiger partial charge in [-0.1, -0.05) is 19.3 Å². The maximum Gasteiger partial charge on any atom is 0.278 e. The number of hydrogen-bond acceptors (Lipinski definition) is 5. The third kappa shape index (κ3) is 2.91. The van der Waals surface area contributed by atoms with Crippen molar-refractivity contribution in [2.24, 2.45) is 0 Å². The fourth-order valence-corrected chi connectivity index (χ4v) is 4.60. The number of hydrogen-bond donors (Lipinski definition) is 1. The Labute approximate surface area is 147 Å². The zero-order valence-corrected chi connectivity index (χ0v) is 14.9. The van der Waals surface area contributed by atoms with Crippen LogP contribution in [0.25, 0.3) is 11.0 Å². The number of nitrogens with one attached hydrogen (secondary N) is 1. The summed E-state index contributed by atoms with van der Waals surface area (Å²) in [5.41, 5.74) is 1.08. The maximum absolute atomic E-state index is 12.5. The lowest BCUT2D eigenvalue weighted by molar-refractivity contribution is 0.260. The van der Waals surface area contributed by atoms with Gasteiger partial charge in [0.2, 0.25) is 0 Å². The second-order valence-corrected chi connectivity index (χ2v) is 8.58. The van der Waals surface area contributed by atoms with Gasteiger partial charge in [0.1, 0.15) is 11.2 Å². The van der Waals surface area contributed by atoms with E-state index in [1.54, 1.807) is 0 Å². The number of rotatable bonds is 3. The van der Waals surface area contributed by atoms with E-state index in [-0.39, 0.29) is 30.6 Å². The largest absolute Gasteiger partial charge is 0.310 e. The molecule has 2 radical (unpaired) electrons. The van der Waals surface area contributed by atoms with Crippen molar-refractivity contribution in [2.75, 3.05) is 13.1 Å². The summed E-state index contributed by atoms with van der Waals surface area (Å²) in [7, 11) is 1.43. The molecule has 1 saturated heterocycles. The van der Waals surface area contributed by atoms with E-state index in [2.05, 4.69) is 15.1 Å². The number of fused-ring (bicyclic) bond motifs is 1. The SMILES string of the molecule is [B]S(=O)(=O)N1CC(c2nc3c(c(C)nn3C3CCCCC3)c(=O)[nH]2)C1. The molecule has 4 rings (SSSR count). The summed E-state index contributed by atoms with van der Waals surface area (Å²) in [5, 5.41) is 5.11. The molecule has 2 aromatic rings. The molecule has 1 N–H and O–H groups in total. The van der Waals surface area contributed by atoms with E-state index in [0.29, 0.717) is 22.6 Å². The summed E-state index contributed by atoms with van der Waals surface area (Å²) in [4.78, 5) is 20.0. The molecule has 2 aliphatic rings. The highest BCUT2D eigenvalue weighted by Crippen LogP contribution is 2.31. The van der Waals surface area contributed by atoms with Gasteiger partial charge in [-0.3, -0.25) is 4.79 Å². The van der Waals surface area contributed by atoms with E-state index in [1.165, 1.54) is 10.7 Å². The molecule has 1 aliphatic carbocycles. The maximum atomic E-state index is 12.5. The zero-order chi connectivity index (χ0) is 17.8. The Morgan fingerprint density at radius 1 is 1.20 bits per heavy atom. The lowest BCUT2D eigenvalue weighted by Gasteiger charge is -2.36. The van der Waals surface area contributed by atoms with Crippen LogP contribution in [-0.2, 0) is 9.87 Å². The Hall–Kier alpha value is -1.68. The van der Waals surface area contributed by atoms with Crippen LogP contribution in [0.15, 0.2) is 4.79 Å². The number of aromatic amines is 1. The van der Waals surface area contributed by atoms with Crippen LogP contribution in [-0.4, -0.2) is 52.7 Å². The van der Waals surface area contributed by atoms with Gasteiger partial charge in [-0.25, -0.2) is 22.4 Å². The van der Waals surface area contributed by atoms with Crippen molar-refractivity contribution in [3.63, 3.8) is 0 Å². The van der Waals surface area contributed by atoms with Gasteiger partial charge in [-0.05, 0) is 19.8 Å². The Morgan fingerprint density at radius 2 is 1.88 bits per heavy atom. The van der Waals surface area contributed by atoms with Crippen LogP contribution in [0.1, 0.15) is 55.6 Å². The summed E-state index contributed by atoms with van der Waals surface area (Å²) in [6, 6.07) is 0.273.